The fourth-order valence-electron chi connectivity index (χ4n) is 5.07. The Morgan fingerprint density at radius 2 is 1.80 bits per heavy atom. The van der Waals surface area contributed by atoms with Gasteiger partial charge in [0.2, 0.25) is 0 Å². The summed E-state index contributed by atoms with van der Waals surface area (Å²) in [6, 6.07) is 17.1. The smallest absolute Gasteiger partial charge is 0.122 e. The molecule has 0 aliphatic carbocycles. The van der Waals surface area contributed by atoms with Crippen LogP contribution in [0.3, 0.4) is 0 Å². The van der Waals surface area contributed by atoms with Crippen molar-refractivity contribution in [2.75, 3.05) is 39.9 Å². The van der Waals surface area contributed by atoms with Crippen LogP contribution in [0.25, 0.3) is 0 Å². The van der Waals surface area contributed by atoms with E-state index in [1.807, 2.05) is 0 Å². The van der Waals surface area contributed by atoms with Gasteiger partial charge in [0.1, 0.15) is 18.1 Å². The number of hydrogen-bond acceptors (Lipinski definition) is 4. The minimum Gasteiger partial charge on any atom is -0.497 e. The number of nitrogens with one attached hydrogen (secondary N) is 1. The molecule has 2 aliphatic rings. The number of methoxy groups -OCH3 is 1. The molecule has 4 heteroatoms. The number of ether oxygens (including phenoxy) is 2. The molecule has 0 radical (unpaired) electrons. The summed E-state index contributed by atoms with van der Waals surface area (Å²) in [6.07, 6.45) is 7.56. The first-order chi connectivity index (χ1) is 14.8. The van der Waals surface area contributed by atoms with Crippen molar-refractivity contribution in [2.24, 2.45) is 5.41 Å². The zero-order valence-corrected chi connectivity index (χ0v) is 18.4. The molecule has 0 amide bonds. The lowest BCUT2D eigenvalue weighted by molar-refractivity contribution is 0.0829. The second kappa shape index (κ2) is 10.3. The second-order valence-electron chi connectivity index (χ2n) is 8.97. The minimum absolute atomic E-state index is 0.427. The monoisotopic (exact) mass is 408 g/mol. The van der Waals surface area contributed by atoms with Crippen LogP contribution in [0.2, 0.25) is 0 Å². The van der Waals surface area contributed by atoms with E-state index < -0.39 is 0 Å². The van der Waals surface area contributed by atoms with Gasteiger partial charge in [-0.25, -0.2) is 0 Å². The molecule has 1 fully saturated rings. The summed E-state index contributed by atoms with van der Waals surface area (Å²) >= 11 is 0. The molecule has 0 aromatic heterocycles. The lowest BCUT2D eigenvalue weighted by Crippen LogP contribution is -2.45. The normalized spacial score (nSPS) is 20.4. The predicted molar refractivity (Wildman–Crippen MR) is 122 cm³/mol. The van der Waals surface area contributed by atoms with Crippen molar-refractivity contribution in [3.05, 3.63) is 59.7 Å². The Morgan fingerprint density at radius 1 is 1.00 bits per heavy atom. The van der Waals surface area contributed by atoms with Crippen molar-refractivity contribution < 1.29 is 9.47 Å². The molecule has 2 aromatic carbocycles. The van der Waals surface area contributed by atoms with E-state index >= 15 is 0 Å². The van der Waals surface area contributed by atoms with E-state index in [2.05, 4.69) is 58.7 Å². The second-order valence-corrected chi connectivity index (χ2v) is 8.97. The van der Waals surface area contributed by atoms with E-state index in [4.69, 9.17) is 9.47 Å². The van der Waals surface area contributed by atoms with E-state index in [0.29, 0.717) is 5.41 Å². The van der Waals surface area contributed by atoms with Gasteiger partial charge in [-0.1, -0.05) is 36.8 Å². The van der Waals surface area contributed by atoms with Crippen LogP contribution in [0.5, 0.6) is 11.5 Å². The molecular formula is C26H36N2O2. The summed E-state index contributed by atoms with van der Waals surface area (Å²) in [5.41, 5.74) is 3.13. The van der Waals surface area contributed by atoms with Crippen molar-refractivity contribution in [3.8, 4) is 11.5 Å². The molecule has 0 saturated carbocycles. The van der Waals surface area contributed by atoms with Crippen LogP contribution < -0.4 is 14.8 Å². The number of benzene rings is 2. The van der Waals surface area contributed by atoms with Crippen molar-refractivity contribution in [1.82, 2.24) is 10.2 Å². The quantitative estimate of drug-likeness (QED) is 0.800. The number of piperidine rings is 1. The molecule has 1 saturated heterocycles. The van der Waals surface area contributed by atoms with E-state index in [1.54, 1.807) is 7.11 Å². The summed E-state index contributed by atoms with van der Waals surface area (Å²) < 4.78 is 11.6. The maximum atomic E-state index is 6.27. The van der Waals surface area contributed by atoms with Crippen molar-refractivity contribution in [3.63, 3.8) is 0 Å². The maximum absolute atomic E-state index is 6.27. The first kappa shape index (κ1) is 21.2. The molecule has 2 aromatic rings. The topological polar surface area (TPSA) is 33.7 Å². The van der Waals surface area contributed by atoms with Crippen LogP contribution in [0, 0.1) is 5.41 Å². The van der Waals surface area contributed by atoms with Gasteiger partial charge in [-0.2, -0.15) is 0 Å². The zero-order valence-electron chi connectivity index (χ0n) is 18.4. The molecule has 2 heterocycles. The molecular weight excluding hydrogens is 372 g/mol. The number of rotatable bonds is 3. The van der Waals surface area contributed by atoms with Gasteiger partial charge in [-0.15, -0.1) is 0 Å². The average Bonchev–Trinajstić information content (AvgIpc) is 2.78. The Bertz CT molecular complexity index is 784. The predicted octanol–water partition coefficient (Wildman–Crippen LogP) is 4.67. The fourth-order valence-corrected chi connectivity index (χ4v) is 5.07. The van der Waals surface area contributed by atoms with Crippen LogP contribution in [0.15, 0.2) is 48.5 Å². The van der Waals surface area contributed by atoms with Gasteiger partial charge in [0, 0.05) is 19.6 Å². The molecule has 0 unspecified atom stereocenters. The highest BCUT2D eigenvalue weighted by molar-refractivity contribution is 5.33. The SMILES string of the molecule is COc1ccc(CN2CCOc3ccccc3CCCCC3(CCNCC3)C2)cc1. The number of aryl methyl sites for hydroxylation is 1. The van der Waals surface area contributed by atoms with Gasteiger partial charge in [0.25, 0.3) is 0 Å². The van der Waals surface area contributed by atoms with Crippen molar-refractivity contribution >= 4 is 0 Å². The summed E-state index contributed by atoms with van der Waals surface area (Å²) in [4.78, 5) is 2.62. The Morgan fingerprint density at radius 3 is 2.60 bits per heavy atom. The molecule has 2 aliphatic heterocycles. The number of nitrogens with zero attached hydrogens (tertiary/aromatic N) is 1. The Balaban J connectivity index is 1.52. The first-order valence-corrected chi connectivity index (χ1v) is 11.5. The lowest BCUT2D eigenvalue weighted by atomic mass is 9.74. The molecule has 1 N–H and O–H groups in total. The lowest BCUT2D eigenvalue weighted by Gasteiger charge is -2.42. The standard InChI is InChI=1S/C26H36N2O2/c1-29-24-11-9-22(10-12-24)20-28-18-19-30-25-8-3-2-6-23(25)7-4-5-13-26(21-28)14-16-27-17-15-26/h2-3,6,8-12,27H,4-5,7,13-21H2,1H3. The van der Waals surface area contributed by atoms with Crippen LogP contribution in [-0.4, -0.2) is 44.8 Å². The number of hydrogen-bond donors (Lipinski definition) is 1. The molecule has 1 spiro atoms. The molecule has 30 heavy (non-hydrogen) atoms. The highest BCUT2D eigenvalue weighted by Crippen LogP contribution is 2.36. The van der Waals surface area contributed by atoms with E-state index in [0.717, 1.165) is 57.3 Å². The Labute approximate surface area is 181 Å². The Hall–Kier alpha value is -2.04. The number of para-hydroxylation sites is 1. The van der Waals surface area contributed by atoms with Gasteiger partial charge in [-0.05, 0) is 79.9 Å². The Kier molecular flexibility index (Phi) is 7.29. The first-order valence-electron chi connectivity index (χ1n) is 11.5. The number of fused-ring (bicyclic) bond motifs is 1. The van der Waals surface area contributed by atoms with Crippen molar-refractivity contribution in [1.29, 1.82) is 0 Å². The fraction of sp³-hybridized carbons (Fsp3) is 0.538. The van der Waals surface area contributed by atoms with Crippen LogP contribution in [-0.2, 0) is 13.0 Å². The van der Waals surface area contributed by atoms with Crippen molar-refractivity contribution in [2.45, 2.75) is 45.1 Å². The maximum Gasteiger partial charge on any atom is 0.122 e. The van der Waals surface area contributed by atoms with E-state index in [9.17, 15) is 0 Å². The van der Waals surface area contributed by atoms with Gasteiger partial charge in [0.05, 0.1) is 7.11 Å². The zero-order chi connectivity index (χ0) is 20.7. The largest absolute Gasteiger partial charge is 0.497 e. The third-order valence-electron chi connectivity index (χ3n) is 6.83. The minimum atomic E-state index is 0.427. The summed E-state index contributed by atoms with van der Waals surface area (Å²) in [5.74, 6) is 1.99. The van der Waals surface area contributed by atoms with Gasteiger partial charge < -0.3 is 14.8 Å². The molecule has 0 atom stereocenters. The average molecular weight is 409 g/mol. The summed E-state index contributed by atoms with van der Waals surface area (Å²) in [5, 5.41) is 3.58. The third kappa shape index (κ3) is 5.55. The van der Waals surface area contributed by atoms with Gasteiger partial charge in [0.15, 0.2) is 0 Å². The van der Waals surface area contributed by atoms with Crippen LogP contribution in [0.4, 0.5) is 0 Å². The van der Waals surface area contributed by atoms with Gasteiger partial charge in [-0.3, -0.25) is 4.90 Å². The summed E-state index contributed by atoms with van der Waals surface area (Å²) in [6.45, 7) is 6.11. The summed E-state index contributed by atoms with van der Waals surface area (Å²) in [7, 11) is 1.72. The van der Waals surface area contributed by atoms with Crippen LogP contribution >= 0.6 is 0 Å². The van der Waals surface area contributed by atoms with Crippen LogP contribution in [0.1, 0.15) is 43.2 Å². The molecule has 4 rings (SSSR count). The van der Waals surface area contributed by atoms with E-state index in [1.165, 1.54) is 43.2 Å². The highest BCUT2D eigenvalue weighted by Gasteiger charge is 2.33. The van der Waals surface area contributed by atoms with Gasteiger partial charge >= 0.3 is 0 Å². The molecule has 162 valence electrons. The van der Waals surface area contributed by atoms with E-state index in [-0.39, 0.29) is 0 Å². The highest BCUT2D eigenvalue weighted by atomic mass is 16.5. The third-order valence-corrected chi connectivity index (χ3v) is 6.83. The molecule has 4 nitrogen and oxygen atoms in total. The molecule has 0 bridgehead atoms.